The fourth-order valence-electron chi connectivity index (χ4n) is 2.41. The molecule has 0 radical (unpaired) electrons. The SMILES string of the molecule is CCNc1nc(NC(C)COC)nc(N2CCCCC2)n1. The van der Waals surface area contributed by atoms with Crippen LogP contribution in [0.2, 0.25) is 0 Å². The van der Waals surface area contributed by atoms with Crippen molar-refractivity contribution in [3.8, 4) is 0 Å². The summed E-state index contributed by atoms with van der Waals surface area (Å²) in [5.41, 5.74) is 0. The first-order valence-corrected chi connectivity index (χ1v) is 7.73. The van der Waals surface area contributed by atoms with E-state index in [1.54, 1.807) is 7.11 Å². The van der Waals surface area contributed by atoms with Crippen molar-refractivity contribution in [3.05, 3.63) is 0 Å². The van der Waals surface area contributed by atoms with Gasteiger partial charge in [-0.15, -0.1) is 0 Å². The fraction of sp³-hybridized carbons (Fsp3) is 0.786. The number of piperidine rings is 1. The smallest absolute Gasteiger partial charge is 0.231 e. The van der Waals surface area contributed by atoms with Gasteiger partial charge in [0.15, 0.2) is 0 Å². The van der Waals surface area contributed by atoms with Gasteiger partial charge < -0.3 is 20.3 Å². The van der Waals surface area contributed by atoms with Crippen LogP contribution in [0.1, 0.15) is 33.1 Å². The molecule has 0 aromatic carbocycles. The Kier molecular flexibility index (Phi) is 5.98. The van der Waals surface area contributed by atoms with Crippen LogP contribution < -0.4 is 15.5 Å². The predicted molar refractivity (Wildman–Crippen MR) is 85.0 cm³/mol. The number of nitrogens with one attached hydrogen (secondary N) is 2. The predicted octanol–water partition coefficient (Wildman–Crippen LogP) is 1.74. The van der Waals surface area contributed by atoms with Crippen molar-refractivity contribution in [1.82, 2.24) is 15.0 Å². The molecule has 0 bridgehead atoms. The van der Waals surface area contributed by atoms with E-state index in [4.69, 9.17) is 4.74 Å². The number of anilines is 3. The maximum absolute atomic E-state index is 5.14. The third-order valence-electron chi connectivity index (χ3n) is 3.39. The second kappa shape index (κ2) is 7.97. The lowest BCUT2D eigenvalue weighted by Gasteiger charge is -2.27. The van der Waals surface area contributed by atoms with E-state index in [1.165, 1.54) is 19.3 Å². The lowest BCUT2D eigenvalue weighted by atomic mass is 10.1. The number of nitrogens with zero attached hydrogens (tertiary/aromatic N) is 4. The number of methoxy groups -OCH3 is 1. The lowest BCUT2D eigenvalue weighted by molar-refractivity contribution is 0.190. The third kappa shape index (κ3) is 4.70. The molecule has 2 N–H and O–H groups in total. The lowest BCUT2D eigenvalue weighted by Crippen LogP contribution is -2.32. The third-order valence-corrected chi connectivity index (χ3v) is 3.39. The van der Waals surface area contributed by atoms with Crippen molar-refractivity contribution in [3.63, 3.8) is 0 Å². The van der Waals surface area contributed by atoms with Gasteiger partial charge in [-0.3, -0.25) is 0 Å². The van der Waals surface area contributed by atoms with Gasteiger partial charge in [0.05, 0.1) is 6.61 Å². The van der Waals surface area contributed by atoms with Crippen molar-refractivity contribution < 1.29 is 4.74 Å². The van der Waals surface area contributed by atoms with Gasteiger partial charge in [-0.25, -0.2) is 0 Å². The summed E-state index contributed by atoms with van der Waals surface area (Å²) in [5, 5.41) is 6.44. The zero-order valence-corrected chi connectivity index (χ0v) is 13.2. The topological polar surface area (TPSA) is 75.2 Å². The highest BCUT2D eigenvalue weighted by Crippen LogP contribution is 2.18. The minimum atomic E-state index is 0.154. The Labute approximate surface area is 126 Å². The molecule has 2 rings (SSSR count). The van der Waals surface area contributed by atoms with Crippen LogP contribution in [0.4, 0.5) is 17.8 Å². The van der Waals surface area contributed by atoms with E-state index in [9.17, 15) is 0 Å². The highest BCUT2D eigenvalue weighted by Gasteiger charge is 2.16. The highest BCUT2D eigenvalue weighted by molar-refractivity contribution is 5.44. The average Bonchev–Trinajstić information content (AvgIpc) is 2.48. The Hall–Kier alpha value is -1.63. The number of hydrogen-bond acceptors (Lipinski definition) is 7. The fourth-order valence-corrected chi connectivity index (χ4v) is 2.41. The first-order valence-electron chi connectivity index (χ1n) is 7.73. The van der Waals surface area contributed by atoms with Crippen molar-refractivity contribution in [2.24, 2.45) is 0 Å². The molecule has 2 heterocycles. The van der Waals surface area contributed by atoms with E-state index >= 15 is 0 Å². The Morgan fingerprint density at radius 2 is 1.86 bits per heavy atom. The minimum absolute atomic E-state index is 0.154. The van der Waals surface area contributed by atoms with E-state index in [0.29, 0.717) is 18.5 Å². The van der Waals surface area contributed by atoms with Crippen molar-refractivity contribution in [2.75, 3.05) is 48.9 Å². The molecule has 21 heavy (non-hydrogen) atoms. The first-order chi connectivity index (χ1) is 10.2. The normalized spacial score (nSPS) is 16.6. The summed E-state index contributed by atoms with van der Waals surface area (Å²) in [4.78, 5) is 15.7. The van der Waals surface area contributed by atoms with Crippen LogP contribution >= 0.6 is 0 Å². The van der Waals surface area contributed by atoms with Gasteiger partial charge in [0.25, 0.3) is 0 Å². The molecule has 0 spiro atoms. The summed E-state index contributed by atoms with van der Waals surface area (Å²) < 4.78 is 5.14. The molecule has 1 fully saturated rings. The second-order valence-corrected chi connectivity index (χ2v) is 5.36. The average molecular weight is 294 g/mol. The summed E-state index contributed by atoms with van der Waals surface area (Å²) in [7, 11) is 1.69. The molecule has 0 aliphatic carbocycles. The molecular weight excluding hydrogens is 268 g/mol. The van der Waals surface area contributed by atoms with Gasteiger partial charge in [-0.2, -0.15) is 15.0 Å². The van der Waals surface area contributed by atoms with Crippen LogP contribution in [0.5, 0.6) is 0 Å². The molecule has 1 aliphatic rings. The number of hydrogen-bond donors (Lipinski definition) is 2. The van der Waals surface area contributed by atoms with Crippen molar-refractivity contribution >= 4 is 17.8 Å². The van der Waals surface area contributed by atoms with Crippen molar-refractivity contribution in [2.45, 2.75) is 39.2 Å². The monoisotopic (exact) mass is 294 g/mol. The van der Waals surface area contributed by atoms with Crippen LogP contribution in [0.25, 0.3) is 0 Å². The largest absolute Gasteiger partial charge is 0.383 e. The van der Waals surface area contributed by atoms with Crippen LogP contribution in [0.3, 0.4) is 0 Å². The zero-order valence-electron chi connectivity index (χ0n) is 13.2. The molecule has 7 heteroatoms. The molecule has 7 nitrogen and oxygen atoms in total. The summed E-state index contributed by atoms with van der Waals surface area (Å²) in [6.45, 7) is 7.51. The summed E-state index contributed by atoms with van der Waals surface area (Å²) in [6, 6.07) is 0.154. The maximum atomic E-state index is 5.14. The van der Waals surface area contributed by atoms with Crippen LogP contribution in [-0.4, -0.2) is 54.3 Å². The van der Waals surface area contributed by atoms with Gasteiger partial charge in [0.1, 0.15) is 0 Å². The zero-order chi connectivity index (χ0) is 15.1. The Balaban J connectivity index is 2.16. The molecule has 1 atom stereocenters. The van der Waals surface area contributed by atoms with Gasteiger partial charge in [-0.1, -0.05) is 0 Å². The molecule has 0 saturated carbocycles. The highest BCUT2D eigenvalue weighted by atomic mass is 16.5. The number of aromatic nitrogens is 3. The summed E-state index contributed by atoms with van der Waals surface area (Å²) >= 11 is 0. The molecule has 1 unspecified atom stereocenters. The van der Waals surface area contributed by atoms with E-state index in [2.05, 4.69) is 30.5 Å². The van der Waals surface area contributed by atoms with E-state index < -0.39 is 0 Å². The maximum Gasteiger partial charge on any atom is 0.231 e. The Bertz CT molecular complexity index is 435. The minimum Gasteiger partial charge on any atom is -0.383 e. The molecule has 1 aromatic rings. The molecule has 0 amide bonds. The van der Waals surface area contributed by atoms with Gasteiger partial charge in [0.2, 0.25) is 17.8 Å². The molecule has 1 saturated heterocycles. The van der Waals surface area contributed by atoms with Crippen LogP contribution in [0.15, 0.2) is 0 Å². The molecule has 1 aliphatic heterocycles. The summed E-state index contributed by atoms with van der Waals surface area (Å²) in [5.74, 6) is 1.99. The Morgan fingerprint density at radius 1 is 1.14 bits per heavy atom. The Morgan fingerprint density at radius 3 is 2.52 bits per heavy atom. The standard InChI is InChI=1S/C14H26N6O/c1-4-15-12-17-13(16-11(2)10-21-3)19-14(18-12)20-8-6-5-7-9-20/h11H,4-10H2,1-3H3,(H2,15,16,17,18,19). The van der Waals surface area contributed by atoms with Gasteiger partial charge in [0, 0.05) is 32.8 Å². The number of ether oxygens (including phenoxy) is 1. The quantitative estimate of drug-likeness (QED) is 0.793. The molecule has 1 aromatic heterocycles. The van der Waals surface area contributed by atoms with Gasteiger partial charge in [-0.05, 0) is 33.1 Å². The van der Waals surface area contributed by atoms with Crippen LogP contribution in [-0.2, 0) is 4.74 Å². The van der Waals surface area contributed by atoms with E-state index in [-0.39, 0.29) is 6.04 Å². The molecule has 118 valence electrons. The summed E-state index contributed by atoms with van der Waals surface area (Å²) in [6.07, 6.45) is 3.69. The van der Waals surface area contributed by atoms with Crippen molar-refractivity contribution in [1.29, 1.82) is 0 Å². The second-order valence-electron chi connectivity index (χ2n) is 5.36. The van der Waals surface area contributed by atoms with Gasteiger partial charge >= 0.3 is 0 Å². The first kappa shape index (κ1) is 15.8. The van der Waals surface area contributed by atoms with E-state index in [1.807, 2.05) is 13.8 Å². The van der Waals surface area contributed by atoms with E-state index in [0.717, 1.165) is 25.6 Å². The van der Waals surface area contributed by atoms with Crippen LogP contribution in [0, 0.1) is 0 Å². The molecular formula is C14H26N6O. The number of rotatable bonds is 7.